The highest BCUT2D eigenvalue weighted by Gasteiger charge is 2.29. The molecule has 2 aromatic carbocycles. The van der Waals surface area contributed by atoms with E-state index in [2.05, 4.69) is 0 Å². The molecule has 0 spiro atoms. The Kier molecular flexibility index (Phi) is 5.65. The molecule has 0 aliphatic carbocycles. The van der Waals surface area contributed by atoms with Gasteiger partial charge in [0.25, 0.3) is 0 Å². The van der Waals surface area contributed by atoms with E-state index in [0.717, 1.165) is 0 Å². The number of carbonyl (C=O) groups excluding carboxylic acids is 2. The number of rotatable bonds is 5. The van der Waals surface area contributed by atoms with Crippen molar-refractivity contribution in [3.63, 3.8) is 0 Å². The summed E-state index contributed by atoms with van der Waals surface area (Å²) in [6.07, 6.45) is -3.06. The van der Waals surface area contributed by atoms with Crippen LogP contribution in [0.2, 0.25) is 0 Å². The summed E-state index contributed by atoms with van der Waals surface area (Å²) >= 11 is 0. The fourth-order valence-corrected chi connectivity index (χ4v) is 1.83. The summed E-state index contributed by atoms with van der Waals surface area (Å²) in [4.78, 5) is 23.9. The zero-order valence-electron chi connectivity index (χ0n) is 12.5. The van der Waals surface area contributed by atoms with E-state index >= 15 is 0 Å². The van der Waals surface area contributed by atoms with Crippen LogP contribution < -0.4 is 0 Å². The SMILES string of the molecule is N#C[C@H](OC(=O)c1ccccc1)[C@H](C#N)OC(=O)c1ccccc1. The van der Waals surface area contributed by atoms with Gasteiger partial charge in [-0.15, -0.1) is 0 Å². The minimum atomic E-state index is -1.53. The van der Waals surface area contributed by atoms with Gasteiger partial charge < -0.3 is 9.47 Å². The smallest absolute Gasteiger partial charge is 0.339 e. The lowest BCUT2D eigenvalue weighted by Crippen LogP contribution is -2.33. The van der Waals surface area contributed by atoms with Crippen molar-refractivity contribution in [3.05, 3.63) is 71.8 Å². The first kappa shape index (κ1) is 16.7. The van der Waals surface area contributed by atoms with Gasteiger partial charge in [0.2, 0.25) is 12.2 Å². The van der Waals surface area contributed by atoms with Crippen molar-refractivity contribution in [2.75, 3.05) is 0 Å². The molecule has 0 aliphatic rings. The predicted molar refractivity (Wildman–Crippen MR) is 82.5 cm³/mol. The second-order valence-electron chi connectivity index (χ2n) is 4.64. The molecule has 2 atom stereocenters. The summed E-state index contributed by atoms with van der Waals surface area (Å²) in [5.74, 6) is -1.56. The molecule has 118 valence electrons. The molecule has 0 saturated carbocycles. The standard InChI is InChI=1S/C18H12N2O4/c19-11-15(23-17(21)13-7-3-1-4-8-13)16(12-20)24-18(22)14-9-5-2-6-10-14/h1-10,15-16H/t15-,16-/m0/s1. The molecule has 0 aliphatic heterocycles. The first-order valence-corrected chi connectivity index (χ1v) is 6.97. The van der Waals surface area contributed by atoms with Crippen LogP contribution in [-0.4, -0.2) is 24.1 Å². The molecular formula is C18H12N2O4. The first-order valence-electron chi connectivity index (χ1n) is 6.97. The Balaban J connectivity index is 2.07. The molecule has 0 fully saturated rings. The molecule has 2 aromatic rings. The molecule has 24 heavy (non-hydrogen) atoms. The van der Waals surface area contributed by atoms with Gasteiger partial charge in [0, 0.05) is 0 Å². The molecule has 0 unspecified atom stereocenters. The molecule has 0 bridgehead atoms. The maximum atomic E-state index is 12.0. The summed E-state index contributed by atoms with van der Waals surface area (Å²) in [6, 6.07) is 19.3. The van der Waals surface area contributed by atoms with Crippen molar-refractivity contribution < 1.29 is 19.1 Å². The lowest BCUT2D eigenvalue weighted by Gasteiger charge is -2.16. The predicted octanol–water partition coefficient (Wildman–Crippen LogP) is 2.48. The van der Waals surface area contributed by atoms with Gasteiger partial charge in [0.15, 0.2) is 0 Å². The van der Waals surface area contributed by atoms with Crippen molar-refractivity contribution in [2.24, 2.45) is 0 Å². The maximum absolute atomic E-state index is 12.0. The minimum Gasteiger partial charge on any atom is -0.438 e. The third-order valence-corrected chi connectivity index (χ3v) is 3.02. The van der Waals surface area contributed by atoms with Crippen LogP contribution in [0.15, 0.2) is 60.7 Å². The number of benzene rings is 2. The first-order chi connectivity index (χ1) is 11.7. The van der Waals surface area contributed by atoms with Crippen molar-refractivity contribution in [3.8, 4) is 12.1 Å². The van der Waals surface area contributed by atoms with E-state index in [4.69, 9.17) is 20.0 Å². The van der Waals surface area contributed by atoms with Crippen LogP contribution in [0.1, 0.15) is 20.7 Å². The van der Waals surface area contributed by atoms with E-state index in [1.807, 2.05) is 0 Å². The van der Waals surface area contributed by atoms with Gasteiger partial charge in [-0.25, -0.2) is 9.59 Å². The normalized spacial score (nSPS) is 12.1. The van der Waals surface area contributed by atoms with Crippen LogP contribution in [-0.2, 0) is 9.47 Å². The Hall–Kier alpha value is -3.64. The van der Waals surface area contributed by atoms with Crippen LogP contribution in [0, 0.1) is 22.7 Å². The van der Waals surface area contributed by atoms with Gasteiger partial charge in [-0.3, -0.25) is 0 Å². The molecule has 2 rings (SSSR count). The summed E-state index contributed by atoms with van der Waals surface area (Å²) in [7, 11) is 0. The third-order valence-electron chi connectivity index (χ3n) is 3.02. The van der Waals surface area contributed by atoms with E-state index in [-0.39, 0.29) is 11.1 Å². The van der Waals surface area contributed by atoms with E-state index in [9.17, 15) is 9.59 Å². The van der Waals surface area contributed by atoms with E-state index in [0.29, 0.717) is 0 Å². The molecule has 6 nitrogen and oxygen atoms in total. The van der Waals surface area contributed by atoms with Crippen LogP contribution in [0.3, 0.4) is 0 Å². The topological polar surface area (TPSA) is 100 Å². The van der Waals surface area contributed by atoms with Gasteiger partial charge in [-0.05, 0) is 24.3 Å². The highest BCUT2D eigenvalue weighted by atomic mass is 16.6. The minimum absolute atomic E-state index is 0.226. The molecule has 0 saturated heterocycles. The van der Waals surface area contributed by atoms with Crippen LogP contribution in [0.5, 0.6) is 0 Å². The van der Waals surface area contributed by atoms with Crippen molar-refractivity contribution in [1.82, 2.24) is 0 Å². The second-order valence-corrected chi connectivity index (χ2v) is 4.64. The second kappa shape index (κ2) is 8.11. The summed E-state index contributed by atoms with van der Waals surface area (Å²) in [5, 5.41) is 18.3. The Morgan fingerprint density at radius 3 is 1.33 bits per heavy atom. The fraction of sp³-hybridized carbons (Fsp3) is 0.111. The molecule has 6 heteroatoms. The quantitative estimate of drug-likeness (QED) is 0.785. The van der Waals surface area contributed by atoms with Crippen molar-refractivity contribution >= 4 is 11.9 Å². The summed E-state index contributed by atoms with van der Waals surface area (Å²) in [6.45, 7) is 0. The van der Waals surface area contributed by atoms with E-state index in [1.165, 1.54) is 24.3 Å². The van der Waals surface area contributed by atoms with Crippen LogP contribution in [0.25, 0.3) is 0 Å². The summed E-state index contributed by atoms with van der Waals surface area (Å²) in [5.41, 5.74) is 0.452. The van der Waals surface area contributed by atoms with Gasteiger partial charge in [0.1, 0.15) is 12.1 Å². The number of nitriles is 2. The Labute approximate surface area is 138 Å². The molecule has 0 amide bonds. The van der Waals surface area contributed by atoms with Crippen LogP contribution >= 0.6 is 0 Å². The summed E-state index contributed by atoms with van der Waals surface area (Å²) < 4.78 is 9.95. The van der Waals surface area contributed by atoms with Crippen molar-refractivity contribution in [1.29, 1.82) is 10.5 Å². The Morgan fingerprint density at radius 1 is 0.708 bits per heavy atom. The van der Waals surface area contributed by atoms with Crippen LogP contribution in [0.4, 0.5) is 0 Å². The lowest BCUT2D eigenvalue weighted by molar-refractivity contribution is -0.00336. The molecule has 0 radical (unpaired) electrons. The van der Waals surface area contributed by atoms with Gasteiger partial charge in [-0.1, -0.05) is 36.4 Å². The number of esters is 2. The van der Waals surface area contributed by atoms with Gasteiger partial charge >= 0.3 is 11.9 Å². The average Bonchev–Trinajstić information content (AvgIpc) is 2.65. The molecular weight excluding hydrogens is 308 g/mol. The molecule has 0 heterocycles. The largest absolute Gasteiger partial charge is 0.438 e. The zero-order chi connectivity index (χ0) is 17.4. The zero-order valence-corrected chi connectivity index (χ0v) is 12.5. The molecule has 0 aromatic heterocycles. The van der Waals surface area contributed by atoms with E-state index < -0.39 is 24.1 Å². The number of nitrogens with zero attached hydrogens (tertiary/aromatic N) is 2. The lowest BCUT2D eigenvalue weighted by atomic mass is 10.2. The molecule has 0 N–H and O–H groups in total. The van der Waals surface area contributed by atoms with Crippen molar-refractivity contribution in [2.45, 2.75) is 12.2 Å². The Bertz CT molecular complexity index is 722. The highest BCUT2D eigenvalue weighted by molar-refractivity contribution is 5.90. The highest BCUT2D eigenvalue weighted by Crippen LogP contribution is 2.11. The third kappa shape index (κ3) is 4.19. The maximum Gasteiger partial charge on any atom is 0.339 e. The van der Waals surface area contributed by atoms with Gasteiger partial charge in [0.05, 0.1) is 11.1 Å². The number of hydrogen-bond acceptors (Lipinski definition) is 6. The number of ether oxygens (including phenoxy) is 2. The fourth-order valence-electron chi connectivity index (χ4n) is 1.83. The number of hydrogen-bond donors (Lipinski definition) is 0. The monoisotopic (exact) mass is 320 g/mol. The number of carbonyl (C=O) groups is 2. The van der Waals surface area contributed by atoms with E-state index in [1.54, 1.807) is 48.5 Å². The average molecular weight is 320 g/mol. The van der Waals surface area contributed by atoms with Gasteiger partial charge in [-0.2, -0.15) is 10.5 Å². The Morgan fingerprint density at radius 2 is 1.04 bits per heavy atom.